The van der Waals surface area contributed by atoms with E-state index in [9.17, 15) is 8.42 Å². The van der Waals surface area contributed by atoms with Crippen molar-refractivity contribution in [1.29, 1.82) is 5.26 Å². The summed E-state index contributed by atoms with van der Waals surface area (Å²) in [5.74, 6) is 0.0107. The minimum absolute atomic E-state index is 0.0107. The molecule has 0 fully saturated rings. The lowest BCUT2D eigenvalue weighted by molar-refractivity contribution is 0.591. The van der Waals surface area contributed by atoms with Gasteiger partial charge in [0, 0.05) is 18.4 Å². The van der Waals surface area contributed by atoms with Crippen LogP contribution in [0.15, 0.2) is 29.8 Å². The monoisotopic (exact) mass is 305 g/mol. The van der Waals surface area contributed by atoms with Crippen LogP contribution in [-0.2, 0) is 10.0 Å². The van der Waals surface area contributed by atoms with Gasteiger partial charge in [0.25, 0.3) is 10.0 Å². The van der Waals surface area contributed by atoms with E-state index < -0.39 is 10.0 Å². The maximum absolute atomic E-state index is 12.3. The van der Waals surface area contributed by atoms with Crippen molar-refractivity contribution < 1.29 is 8.42 Å². The van der Waals surface area contributed by atoms with Crippen LogP contribution in [-0.4, -0.2) is 23.0 Å². The highest BCUT2D eigenvalue weighted by Crippen LogP contribution is 2.19. The van der Waals surface area contributed by atoms with Crippen molar-refractivity contribution in [2.24, 2.45) is 0 Å². The molecule has 1 N–H and O–H groups in total. The topological polar surface area (TPSA) is 101 Å². The molecule has 0 spiro atoms. The van der Waals surface area contributed by atoms with Crippen molar-refractivity contribution in [2.45, 2.75) is 31.8 Å². The lowest BCUT2D eigenvalue weighted by Crippen LogP contribution is -2.15. The zero-order valence-corrected chi connectivity index (χ0v) is 12.7. The second-order valence-corrected chi connectivity index (χ2v) is 6.45. The quantitative estimate of drug-likeness (QED) is 0.928. The third kappa shape index (κ3) is 3.03. The van der Waals surface area contributed by atoms with E-state index in [1.54, 1.807) is 17.6 Å². The van der Waals surface area contributed by atoms with Crippen LogP contribution in [0.3, 0.4) is 0 Å². The second-order valence-electron chi connectivity index (χ2n) is 4.82. The summed E-state index contributed by atoms with van der Waals surface area (Å²) in [5.41, 5.74) is 0.849. The second kappa shape index (κ2) is 5.54. The highest BCUT2D eigenvalue weighted by atomic mass is 32.2. The summed E-state index contributed by atoms with van der Waals surface area (Å²) in [7, 11) is -3.87. The molecule has 2 heterocycles. The van der Waals surface area contributed by atoms with E-state index >= 15 is 0 Å². The number of pyridine rings is 1. The van der Waals surface area contributed by atoms with E-state index in [2.05, 4.69) is 14.7 Å². The number of rotatable bonds is 4. The Labute approximate surface area is 123 Å². The normalized spacial score (nSPS) is 11.4. The molecule has 0 saturated heterocycles. The molecule has 0 bridgehead atoms. The number of nitrogens with zero attached hydrogens (tertiary/aromatic N) is 4. The van der Waals surface area contributed by atoms with Gasteiger partial charge in [-0.05, 0) is 32.4 Å². The Balaban J connectivity index is 2.38. The summed E-state index contributed by atoms with van der Waals surface area (Å²) in [6, 6.07) is 3.69. The van der Waals surface area contributed by atoms with E-state index in [4.69, 9.17) is 5.26 Å². The summed E-state index contributed by atoms with van der Waals surface area (Å²) >= 11 is 0. The fourth-order valence-electron chi connectivity index (χ4n) is 1.70. The molecule has 110 valence electrons. The molecule has 0 unspecified atom stereocenters. The molecule has 2 aromatic heterocycles. The van der Waals surface area contributed by atoms with Crippen LogP contribution in [0.25, 0.3) is 0 Å². The summed E-state index contributed by atoms with van der Waals surface area (Å²) < 4.78 is 28.6. The van der Waals surface area contributed by atoms with Crippen molar-refractivity contribution in [3.05, 3.63) is 35.9 Å². The predicted molar refractivity (Wildman–Crippen MR) is 77.1 cm³/mol. The molecule has 0 aliphatic rings. The molecule has 0 amide bonds. The van der Waals surface area contributed by atoms with Crippen LogP contribution in [0.1, 0.15) is 31.0 Å². The molecule has 0 aliphatic heterocycles. The SMILES string of the molecule is Cc1ccnc(NS(=O)(=O)c2cn(C(C)C)cn2)c1C#N. The number of aromatic nitrogens is 3. The molecule has 7 nitrogen and oxygen atoms in total. The zero-order chi connectivity index (χ0) is 15.6. The molecular weight excluding hydrogens is 290 g/mol. The van der Waals surface area contributed by atoms with Crippen molar-refractivity contribution in [2.75, 3.05) is 4.72 Å². The van der Waals surface area contributed by atoms with E-state index in [1.165, 1.54) is 18.7 Å². The van der Waals surface area contributed by atoms with Gasteiger partial charge < -0.3 is 4.57 Å². The van der Waals surface area contributed by atoms with Crippen LogP contribution in [0.4, 0.5) is 5.82 Å². The van der Waals surface area contributed by atoms with Gasteiger partial charge in [-0.1, -0.05) is 0 Å². The van der Waals surface area contributed by atoms with E-state index in [-0.39, 0.29) is 22.4 Å². The summed E-state index contributed by atoms with van der Waals surface area (Å²) in [6.07, 6.45) is 4.34. The molecule has 2 aromatic rings. The number of nitrogens with one attached hydrogen (secondary N) is 1. The van der Waals surface area contributed by atoms with Crippen molar-refractivity contribution in [3.8, 4) is 6.07 Å². The van der Waals surface area contributed by atoms with Crippen LogP contribution in [0.2, 0.25) is 0 Å². The molecular formula is C13H15N5O2S. The van der Waals surface area contributed by atoms with Gasteiger partial charge in [-0.2, -0.15) is 13.7 Å². The third-order valence-electron chi connectivity index (χ3n) is 2.95. The van der Waals surface area contributed by atoms with E-state index in [0.29, 0.717) is 5.56 Å². The first-order valence-corrected chi connectivity index (χ1v) is 7.75. The molecule has 2 rings (SSSR count). The van der Waals surface area contributed by atoms with Gasteiger partial charge >= 0.3 is 0 Å². The maximum Gasteiger partial charge on any atom is 0.282 e. The molecule has 0 aliphatic carbocycles. The van der Waals surface area contributed by atoms with Gasteiger partial charge in [0.15, 0.2) is 10.8 Å². The number of hydrogen-bond acceptors (Lipinski definition) is 5. The molecule has 0 radical (unpaired) electrons. The largest absolute Gasteiger partial charge is 0.334 e. The third-order valence-corrected chi connectivity index (χ3v) is 4.18. The molecule has 0 saturated carbocycles. The zero-order valence-electron chi connectivity index (χ0n) is 11.9. The number of imidazole rings is 1. The number of aryl methyl sites for hydroxylation is 1. The molecule has 21 heavy (non-hydrogen) atoms. The molecule has 8 heteroatoms. The fourth-order valence-corrected chi connectivity index (χ4v) is 2.66. The predicted octanol–water partition coefficient (Wildman–Crippen LogP) is 1.84. The Morgan fingerprint density at radius 2 is 2.10 bits per heavy atom. The van der Waals surface area contributed by atoms with Gasteiger partial charge in [0.1, 0.15) is 6.07 Å². The van der Waals surface area contributed by atoms with Crippen molar-refractivity contribution in [3.63, 3.8) is 0 Å². The fraction of sp³-hybridized carbons (Fsp3) is 0.308. The average molecular weight is 305 g/mol. The number of anilines is 1. The van der Waals surface area contributed by atoms with Crippen molar-refractivity contribution in [1.82, 2.24) is 14.5 Å². The first-order valence-electron chi connectivity index (χ1n) is 6.27. The highest BCUT2D eigenvalue weighted by molar-refractivity contribution is 7.92. The Bertz CT molecular complexity index is 802. The Kier molecular flexibility index (Phi) is 3.95. The summed E-state index contributed by atoms with van der Waals surface area (Å²) in [6.45, 7) is 5.55. The maximum atomic E-state index is 12.3. The standard InChI is InChI=1S/C13H15N5O2S/c1-9(2)18-7-12(16-8-18)21(19,20)17-13-11(6-14)10(3)4-5-15-13/h4-5,7-9H,1-3H3,(H,15,17). The van der Waals surface area contributed by atoms with Crippen LogP contribution in [0, 0.1) is 18.3 Å². The minimum atomic E-state index is -3.87. The average Bonchev–Trinajstić information content (AvgIpc) is 2.89. The van der Waals surface area contributed by atoms with Crippen LogP contribution in [0.5, 0.6) is 0 Å². The van der Waals surface area contributed by atoms with Crippen LogP contribution < -0.4 is 4.72 Å². The smallest absolute Gasteiger partial charge is 0.282 e. The van der Waals surface area contributed by atoms with E-state index in [1.807, 2.05) is 19.9 Å². The Hall–Kier alpha value is -2.40. The Morgan fingerprint density at radius 3 is 2.67 bits per heavy atom. The lowest BCUT2D eigenvalue weighted by Gasteiger charge is -2.08. The minimum Gasteiger partial charge on any atom is -0.334 e. The van der Waals surface area contributed by atoms with E-state index in [0.717, 1.165) is 0 Å². The van der Waals surface area contributed by atoms with Gasteiger partial charge in [-0.3, -0.25) is 4.72 Å². The first-order chi connectivity index (χ1) is 9.85. The summed E-state index contributed by atoms with van der Waals surface area (Å²) in [4.78, 5) is 7.80. The van der Waals surface area contributed by atoms with Crippen LogP contribution >= 0.6 is 0 Å². The van der Waals surface area contributed by atoms with Crippen molar-refractivity contribution >= 4 is 15.8 Å². The van der Waals surface area contributed by atoms with Gasteiger partial charge in [-0.15, -0.1) is 0 Å². The molecule has 0 aromatic carbocycles. The van der Waals surface area contributed by atoms with Gasteiger partial charge in [0.2, 0.25) is 0 Å². The molecule has 0 atom stereocenters. The first kappa shape index (κ1) is 15.0. The Morgan fingerprint density at radius 1 is 1.38 bits per heavy atom. The highest BCUT2D eigenvalue weighted by Gasteiger charge is 2.20. The number of hydrogen-bond donors (Lipinski definition) is 1. The lowest BCUT2D eigenvalue weighted by atomic mass is 10.2. The summed E-state index contributed by atoms with van der Waals surface area (Å²) in [5, 5.41) is 8.99. The number of sulfonamides is 1. The number of nitriles is 1. The van der Waals surface area contributed by atoms with Gasteiger partial charge in [0.05, 0.1) is 11.9 Å². The van der Waals surface area contributed by atoms with Gasteiger partial charge in [-0.25, -0.2) is 9.97 Å².